The van der Waals surface area contributed by atoms with Gasteiger partial charge >= 0.3 is 6.18 Å². The number of hydrogen-bond acceptors (Lipinski definition) is 0. The predicted molar refractivity (Wildman–Crippen MR) is 84.1 cm³/mol. The van der Waals surface area contributed by atoms with Crippen molar-refractivity contribution in [2.45, 2.75) is 45.7 Å². The third-order valence-corrected chi connectivity index (χ3v) is 3.99. The Balaban J connectivity index is 2.10. The highest BCUT2D eigenvalue weighted by molar-refractivity contribution is 5.33. The minimum Gasteiger partial charge on any atom is -0.166 e. The molecule has 0 aliphatic carbocycles. The van der Waals surface area contributed by atoms with E-state index >= 15 is 0 Å². The Kier molecular flexibility index (Phi) is 5.28. The highest BCUT2D eigenvalue weighted by Crippen LogP contribution is 2.29. The molecule has 0 spiro atoms. The molecule has 3 heteroatoms. The summed E-state index contributed by atoms with van der Waals surface area (Å²) >= 11 is 0. The fourth-order valence-electron chi connectivity index (χ4n) is 2.70. The molecule has 0 aliphatic heterocycles. The molecule has 0 amide bonds. The Morgan fingerprint density at radius 1 is 0.773 bits per heavy atom. The number of benzene rings is 2. The quantitative estimate of drug-likeness (QED) is 0.673. The van der Waals surface area contributed by atoms with Crippen LogP contribution in [0.3, 0.4) is 0 Å². The molecule has 22 heavy (non-hydrogen) atoms. The van der Waals surface area contributed by atoms with E-state index in [1.807, 2.05) is 0 Å². The van der Waals surface area contributed by atoms with Crippen molar-refractivity contribution in [3.8, 4) is 0 Å². The first-order chi connectivity index (χ1) is 10.4. The zero-order chi connectivity index (χ0) is 16.2. The Labute approximate surface area is 130 Å². The van der Waals surface area contributed by atoms with Crippen molar-refractivity contribution < 1.29 is 13.2 Å². The van der Waals surface area contributed by atoms with Crippen LogP contribution < -0.4 is 0 Å². The predicted octanol–water partition coefficient (Wildman–Crippen LogP) is 5.62. The molecule has 0 atom stereocenters. The van der Waals surface area contributed by atoms with Crippen LogP contribution in [0.25, 0.3) is 0 Å². The standard InChI is InChI=1S/C19H21F3/c1-3-16-11-10-15(12-17(16)4-2)9-8-14-6-5-7-18(13-14)19(20,21)22/h5-7,10-13H,3-4,8-9H2,1-2H3. The second-order valence-electron chi connectivity index (χ2n) is 5.51. The lowest BCUT2D eigenvalue weighted by atomic mass is 9.96. The average molecular weight is 306 g/mol. The summed E-state index contributed by atoms with van der Waals surface area (Å²) in [5.74, 6) is 0. The first kappa shape index (κ1) is 16.6. The molecule has 0 radical (unpaired) electrons. The largest absolute Gasteiger partial charge is 0.416 e. The zero-order valence-corrected chi connectivity index (χ0v) is 13.0. The van der Waals surface area contributed by atoms with Gasteiger partial charge in [0.25, 0.3) is 0 Å². The number of halogens is 3. The summed E-state index contributed by atoms with van der Waals surface area (Å²) in [4.78, 5) is 0. The molecule has 2 aromatic carbocycles. The van der Waals surface area contributed by atoms with E-state index in [0.717, 1.165) is 30.9 Å². The fraction of sp³-hybridized carbons (Fsp3) is 0.368. The highest BCUT2D eigenvalue weighted by Gasteiger charge is 2.30. The summed E-state index contributed by atoms with van der Waals surface area (Å²) in [6.45, 7) is 4.27. The molecule has 2 rings (SSSR count). The number of rotatable bonds is 5. The number of alkyl halides is 3. The summed E-state index contributed by atoms with van der Waals surface area (Å²) in [5.41, 5.74) is 4.04. The first-order valence-corrected chi connectivity index (χ1v) is 7.70. The minimum absolute atomic E-state index is 0.569. The van der Waals surface area contributed by atoms with Crippen LogP contribution in [-0.4, -0.2) is 0 Å². The molecule has 0 saturated heterocycles. The van der Waals surface area contributed by atoms with Crippen LogP contribution in [0.2, 0.25) is 0 Å². The van der Waals surface area contributed by atoms with Gasteiger partial charge in [-0.25, -0.2) is 0 Å². The molecule has 0 unspecified atom stereocenters. The van der Waals surface area contributed by atoms with Gasteiger partial charge in [0.15, 0.2) is 0 Å². The van der Waals surface area contributed by atoms with Crippen molar-refractivity contribution in [1.29, 1.82) is 0 Å². The molecule has 2 aromatic rings. The van der Waals surface area contributed by atoms with Gasteiger partial charge < -0.3 is 0 Å². The van der Waals surface area contributed by atoms with Gasteiger partial charge in [0, 0.05) is 0 Å². The Morgan fingerprint density at radius 3 is 2.00 bits per heavy atom. The van der Waals surface area contributed by atoms with E-state index < -0.39 is 11.7 Å². The van der Waals surface area contributed by atoms with E-state index in [9.17, 15) is 13.2 Å². The van der Waals surface area contributed by atoms with Gasteiger partial charge in [0.1, 0.15) is 0 Å². The second kappa shape index (κ2) is 6.99. The molecule has 0 fully saturated rings. The Hall–Kier alpha value is -1.77. The van der Waals surface area contributed by atoms with Crippen LogP contribution in [0.4, 0.5) is 13.2 Å². The maximum Gasteiger partial charge on any atom is 0.416 e. The number of aryl methyl sites for hydroxylation is 4. The van der Waals surface area contributed by atoms with Crippen molar-refractivity contribution in [2.24, 2.45) is 0 Å². The summed E-state index contributed by atoms with van der Waals surface area (Å²) in [7, 11) is 0. The lowest BCUT2D eigenvalue weighted by molar-refractivity contribution is -0.137. The molecule has 0 N–H and O–H groups in total. The summed E-state index contributed by atoms with van der Waals surface area (Å²) in [6, 6.07) is 12.0. The van der Waals surface area contributed by atoms with Crippen LogP contribution in [0.5, 0.6) is 0 Å². The molecule has 0 aromatic heterocycles. The smallest absolute Gasteiger partial charge is 0.166 e. The monoisotopic (exact) mass is 306 g/mol. The van der Waals surface area contributed by atoms with Gasteiger partial charge in [0.2, 0.25) is 0 Å². The molecule has 0 heterocycles. The highest BCUT2D eigenvalue weighted by atomic mass is 19.4. The van der Waals surface area contributed by atoms with E-state index in [-0.39, 0.29) is 0 Å². The number of hydrogen-bond donors (Lipinski definition) is 0. The lowest BCUT2D eigenvalue weighted by Gasteiger charge is -2.11. The van der Waals surface area contributed by atoms with Gasteiger partial charge in [-0.2, -0.15) is 13.2 Å². The normalized spacial score (nSPS) is 11.7. The minimum atomic E-state index is -4.27. The molecule has 0 nitrogen and oxygen atoms in total. The van der Waals surface area contributed by atoms with Crippen LogP contribution in [-0.2, 0) is 31.9 Å². The topological polar surface area (TPSA) is 0 Å². The van der Waals surface area contributed by atoms with Crippen molar-refractivity contribution >= 4 is 0 Å². The van der Waals surface area contributed by atoms with Crippen LogP contribution in [0, 0.1) is 0 Å². The van der Waals surface area contributed by atoms with E-state index in [0.29, 0.717) is 6.42 Å². The van der Waals surface area contributed by atoms with Gasteiger partial charge in [-0.3, -0.25) is 0 Å². The molecular weight excluding hydrogens is 285 g/mol. The third kappa shape index (κ3) is 4.12. The van der Waals surface area contributed by atoms with Crippen molar-refractivity contribution in [2.75, 3.05) is 0 Å². The third-order valence-electron chi connectivity index (χ3n) is 3.99. The van der Waals surface area contributed by atoms with Gasteiger partial charge in [-0.05, 0) is 54.0 Å². The van der Waals surface area contributed by atoms with Gasteiger partial charge in [0.05, 0.1) is 5.56 Å². The molecule has 0 aliphatic rings. The van der Waals surface area contributed by atoms with Crippen LogP contribution in [0.1, 0.15) is 41.7 Å². The maximum absolute atomic E-state index is 12.7. The SMILES string of the molecule is CCc1ccc(CCc2cccc(C(F)(F)F)c2)cc1CC. The van der Waals surface area contributed by atoms with Gasteiger partial charge in [-0.1, -0.05) is 50.2 Å². The zero-order valence-electron chi connectivity index (χ0n) is 13.0. The van der Waals surface area contributed by atoms with E-state index in [1.165, 1.54) is 28.8 Å². The van der Waals surface area contributed by atoms with Crippen molar-refractivity contribution in [3.05, 3.63) is 70.3 Å². The van der Waals surface area contributed by atoms with Crippen LogP contribution in [0.15, 0.2) is 42.5 Å². The summed E-state index contributed by atoms with van der Waals surface area (Å²) in [6.07, 6.45) is -0.886. The lowest BCUT2D eigenvalue weighted by Crippen LogP contribution is -2.05. The molecule has 0 saturated carbocycles. The second-order valence-corrected chi connectivity index (χ2v) is 5.51. The molecule has 0 bridgehead atoms. The van der Waals surface area contributed by atoms with Gasteiger partial charge in [-0.15, -0.1) is 0 Å². The first-order valence-electron chi connectivity index (χ1n) is 7.70. The maximum atomic E-state index is 12.7. The fourth-order valence-corrected chi connectivity index (χ4v) is 2.70. The van der Waals surface area contributed by atoms with Crippen molar-refractivity contribution in [3.63, 3.8) is 0 Å². The summed E-state index contributed by atoms with van der Waals surface area (Å²) in [5, 5.41) is 0. The van der Waals surface area contributed by atoms with E-state index in [2.05, 4.69) is 32.0 Å². The van der Waals surface area contributed by atoms with E-state index in [4.69, 9.17) is 0 Å². The Bertz CT molecular complexity index is 627. The average Bonchev–Trinajstić information content (AvgIpc) is 2.52. The molecular formula is C19H21F3. The van der Waals surface area contributed by atoms with Crippen molar-refractivity contribution in [1.82, 2.24) is 0 Å². The Morgan fingerprint density at radius 2 is 1.41 bits per heavy atom. The van der Waals surface area contributed by atoms with Crippen LogP contribution >= 0.6 is 0 Å². The molecule has 118 valence electrons. The van der Waals surface area contributed by atoms with E-state index in [1.54, 1.807) is 6.07 Å². The summed E-state index contributed by atoms with van der Waals surface area (Å²) < 4.78 is 38.1.